The first-order valence-corrected chi connectivity index (χ1v) is 9.12. The number of hydrogen-bond acceptors (Lipinski definition) is 6. The molecule has 3 rings (SSSR count). The number of methoxy groups -OCH3 is 1. The zero-order chi connectivity index (χ0) is 20.5. The Balaban J connectivity index is 2.09. The monoisotopic (exact) mass is 410 g/mol. The molecule has 0 bridgehead atoms. The number of aliphatic hydroxyl groups is 1. The van der Waals surface area contributed by atoms with Crippen molar-refractivity contribution in [2.75, 3.05) is 20.3 Å². The van der Waals surface area contributed by atoms with E-state index in [2.05, 4.69) is 10.3 Å². The molecule has 1 aromatic rings. The van der Waals surface area contributed by atoms with Gasteiger partial charge in [0.1, 0.15) is 28.4 Å². The number of amidine groups is 1. The summed E-state index contributed by atoms with van der Waals surface area (Å²) in [5.74, 6) is -2.43. The van der Waals surface area contributed by atoms with Crippen LogP contribution in [0.15, 0.2) is 34.5 Å². The molecule has 1 saturated heterocycles. The number of carbonyl (C=O) groups excluding carboxylic acids is 2. The van der Waals surface area contributed by atoms with E-state index >= 15 is 0 Å². The molecule has 1 atom stereocenters. The summed E-state index contributed by atoms with van der Waals surface area (Å²) >= 11 is 5.93. The summed E-state index contributed by atoms with van der Waals surface area (Å²) in [7, 11) is 1.16. The van der Waals surface area contributed by atoms with Crippen LogP contribution in [0.2, 0.25) is 5.02 Å². The van der Waals surface area contributed by atoms with Gasteiger partial charge in [0.05, 0.1) is 13.2 Å². The van der Waals surface area contributed by atoms with Crippen molar-refractivity contribution >= 4 is 29.3 Å². The fraction of sp³-hybridized carbons (Fsp3) is 0.421. The molecule has 1 spiro atoms. The molecule has 2 heterocycles. The highest BCUT2D eigenvalue weighted by Crippen LogP contribution is 2.41. The van der Waals surface area contributed by atoms with Gasteiger partial charge >= 0.3 is 5.97 Å². The summed E-state index contributed by atoms with van der Waals surface area (Å²) in [4.78, 5) is 29.4. The normalized spacial score (nSPS) is 21.6. The maximum atomic E-state index is 14.2. The van der Waals surface area contributed by atoms with Crippen molar-refractivity contribution in [3.8, 4) is 0 Å². The van der Waals surface area contributed by atoms with Crippen molar-refractivity contribution in [1.29, 1.82) is 0 Å². The minimum Gasteiger partial charge on any atom is -0.510 e. The molecule has 2 N–H and O–H groups in total. The van der Waals surface area contributed by atoms with Crippen LogP contribution in [0.1, 0.15) is 31.4 Å². The number of hydrogen-bond donors (Lipinski definition) is 2. The molecule has 1 aromatic carbocycles. The molecule has 1 fully saturated rings. The van der Waals surface area contributed by atoms with Crippen LogP contribution in [0, 0.1) is 11.2 Å². The number of ether oxygens (including phenoxy) is 2. The van der Waals surface area contributed by atoms with Crippen LogP contribution in [0.3, 0.4) is 0 Å². The highest BCUT2D eigenvalue weighted by molar-refractivity contribution is 6.30. The smallest absolute Gasteiger partial charge is 0.345 e. The fourth-order valence-electron chi connectivity index (χ4n) is 3.42. The molecule has 1 amide bonds. The van der Waals surface area contributed by atoms with E-state index in [1.165, 1.54) is 18.2 Å². The number of amides is 1. The number of benzene rings is 1. The van der Waals surface area contributed by atoms with Gasteiger partial charge in [-0.2, -0.15) is 0 Å². The SMILES string of the molecule is COC(=O)C1=C(O)C2(CCOCC2)C(=O)NC1=N[C@@H](C)c1cc(Cl)ccc1F. The first-order chi connectivity index (χ1) is 13.3. The van der Waals surface area contributed by atoms with Crippen LogP contribution in [-0.4, -0.2) is 43.1 Å². The number of esters is 1. The number of halogens is 2. The topological polar surface area (TPSA) is 97.2 Å². The molecule has 0 aromatic heterocycles. The van der Waals surface area contributed by atoms with Crippen molar-refractivity contribution in [1.82, 2.24) is 5.32 Å². The average Bonchev–Trinajstić information content (AvgIpc) is 2.68. The van der Waals surface area contributed by atoms with Crippen molar-refractivity contribution in [3.63, 3.8) is 0 Å². The summed E-state index contributed by atoms with van der Waals surface area (Å²) in [5.41, 5.74) is -1.33. The Morgan fingerprint density at radius 1 is 1.43 bits per heavy atom. The zero-order valence-corrected chi connectivity index (χ0v) is 16.2. The van der Waals surface area contributed by atoms with E-state index in [0.29, 0.717) is 5.02 Å². The van der Waals surface area contributed by atoms with Crippen molar-refractivity contribution < 1.29 is 28.6 Å². The molecule has 150 valence electrons. The molecule has 2 aliphatic rings. The number of aliphatic imine (C=N–C) groups is 1. The molecule has 0 unspecified atom stereocenters. The van der Waals surface area contributed by atoms with Crippen molar-refractivity contribution in [2.45, 2.75) is 25.8 Å². The number of rotatable bonds is 3. The Bertz CT molecular complexity index is 877. The molecular formula is C19H20ClFN2O5. The Morgan fingerprint density at radius 3 is 2.75 bits per heavy atom. The molecule has 9 heteroatoms. The molecule has 7 nitrogen and oxygen atoms in total. The molecule has 0 saturated carbocycles. The quantitative estimate of drug-likeness (QED) is 0.747. The van der Waals surface area contributed by atoms with Gasteiger partial charge in [-0.3, -0.25) is 9.79 Å². The van der Waals surface area contributed by atoms with E-state index in [1.807, 2.05) is 0 Å². The number of carbonyl (C=O) groups is 2. The van der Waals surface area contributed by atoms with Crippen LogP contribution in [0.25, 0.3) is 0 Å². The lowest BCUT2D eigenvalue weighted by molar-refractivity contribution is -0.138. The molecule has 0 radical (unpaired) electrons. The van der Waals surface area contributed by atoms with Gasteiger partial charge in [0.15, 0.2) is 0 Å². The largest absolute Gasteiger partial charge is 0.510 e. The highest BCUT2D eigenvalue weighted by Gasteiger charge is 2.51. The Labute approximate surface area is 166 Å². The van der Waals surface area contributed by atoms with E-state index < -0.39 is 34.9 Å². The molecule has 2 aliphatic heterocycles. The van der Waals surface area contributed by atoms with Gasteiger partial charge in [-0.25, -0.2) is 9.18 Å². The predicted octanol–water partition coefficient (Wildman–Crippen LogP) is 2.85. The first kappa shape index (κ1) is 20.3. The van der Waals surface area contributed by atoms with E-state index in [-0.39, 0.29) is 43.0 Å². The maximum Gasteiger partial charge on any atom is 0.345 e. The lowest BCUT2D eigenvalue weighted by Crippen LogP contribution is -2.54. The second-order valence-corrected chi connectivity index (χ2v) is 7.12. The van der Waals surface area contributed by atoms with Gasteiger partial charge in [0.25, 0.3) is 0 Å². The van der Waals surface area contributed by atoms with Crippen LogP contribution in [0.4, 0.5) is 4.39 Å². The van der Waals surface area contributed by atoms with E-state index in [4.69, 9.17) is 21.1 Å². The third-order valence-corrected chi connectivity index (χ3v) is 5.30. The minimum atomic E-state index is -1.27. The Morgan fingerprint density at radius 2 is 2.11 bits per heavy atom. The van der Waals surface area contributed by atoms with Gasteiger partial charge < -0.3 is 19.9 Å². The molecule has 28 heavy (non-hydrogen) atoms. The summed E-state index contributed by atoms with van der Waals surface area (Å²) in [6.07, 6.45) is 0.438. The zero-order valence-electron chi connectivity index (χ0n) is 15.4. The van der Waals surface area contributed by atoms with E-state index in [0.717, 1.165) is 7.11 Å². The third-order valence-electron chi connectivity index (χ3n) is 5.06. The Kier molecular flexibility index (Phi) is 5.71. The molecule has 0 aliphatic carbocycles. The maximum absolute atomic E-state index is 14.2. The highest BCUT2D eigenvalue weighted by atomic mass is 35.5. The standard InChI is InChI=1S/C19H20ClFN2O5/c1-10(12-9-11(20)3-4-13(12)21)22-16-14(17(25)27-2)15(24)19(18(26)23-16)5-7-28-8-6-19/h3-4,9-10,24H,5-8H2,1-2H3,(H,22,23,26)/t10-/m0/s1. The van der Waals surface area contributed by atoms with Crippen molar-refractivity contribution in [3.05, 3.63) is 45.9 Å². The summed E-state index contributed by atoms with van der Waals surface area (Å²) in [5, 5.41) is 13.8. The third kappa shape index (κ3) is 3.49. The second kappa shape index (κ2) is 7.89. The number of nitrogens with zero attached hydrogens (tertiary/aromatic N) is 1. The second-order valence-electron chi connectivity index (χ2n) is 6.68. The number of aliphatic hydroxyl groups excluding tert-OH is 1. The van der Waals surface area contributed by atoms with Crippen LogP contribution in [0.5, 0.6) is 0 Å². The van der Waals surface area contributed by atoms with Crippen LogP contribution in [-0.2, 0) is 19.1 Å². The number of nitrogens with one attached hydrogen (secondary N) is 1. The van der Waals surface area contributed by atoms with Crippen molar-refractivity contribution in [2.24, 2.45) is 10.4 Å². The Hall–Kier alpha value is -2.45. The van der Waals surface area contributed by atoms with E-state index in [1.54, 1.807) is 6.92 Å². The van der Waals surface area contributed by atoms with Gasteiger partial charge in [0.2, 0.25) is 5.91 Å². The molecular weight excluding hydrogens is 391 g/mol. The summed E-state index contributed by atoms with van der Waals surface area (Å²) in [6.45, 7) is 2.11. The first-order valence-electron chi connectivity index (χ1n) is 8.74. The minimum absolute atomic E-state index is 0.168. The average molecular weight is 411 g/mol. The fourth-order valence-corrected chi connectivity index (χ4v) is 3.60. The summed E-state index contributed by atoms with van der Waals surface area (Å²) < 4.78 is 24.2. The lowest BCUT2D eigenvalue weighted by atomic mass is 9.74. The van der Waals surface area contributed by atoms with Crippen LogP contribution < -0.4 is 5.32 Å². The van der Waals surface area contributed by atoms with Gasteiger partial charge in [-0.1, -0.05) is 11.6 Å². The van der Waals surface area contributed by atoms with Gasteiger partial charge in [-0.15, -0.1) is 0 Å². The van der Waals surface area contributed by atoms with E-state index in [9.17, 15) is 19.1 Å². The summed E-state index contributed by atoms with van der Waals surface area (Å²) in [6, 6.07) is 3.24. The lowest BCUT2D eigenvalue weighted by Gasteiger charge is -2.39. The van der Waals surface area contributed by atoms with Crippen LogP contribution >= 0.6 is 11.6 Å². The van der Waals surface area contributed by atoms with Gasteiger partial charge in [-0.05, 0) is 38.0 Å². The predicted molar refractivity (Wildman–Crippen MR) is 99.6 cm³/mol. The van der Waals surface area contributed by atoms with Gasteiger partial charge in [0, 0.05) is 23.8 Å².